The molecule has 0 aliphatic rings. The van der Waals surface area contributed by atoms with Gasteiger partial charge in [0.15, 0.2) is 0 Å². The molecule has 0 bridgehead atoms. The van der Waals surface area contributed by atoms with Crippen LogP contribution < -0.4 is 10.9 Å². The lowest BCUT2D eigenvalue weighted by atomic mass is 10.4. The second-order valence-corrected chi connectivity index (χ2v) is 6.81. The minimum Gasteiger partial charge on any atom is -0.356 e. The van der Waals surface area contributed by atoms with Crippen LogP contribution in [0.4, 0.5) is 0 Å². The number of H-pyrrole nitrogens is 1. The number of carbonyl (C=O) groups is 2. The average Bonchev–Trinajstić information content (AvgIpc) is 2.93. The Balaban J connectivity index is 1.67. The van der Waals surface area contributed by atoms with Crippen molar-refractivity contribution in [2.75, 3.05) is 5.75 Å². The number of nitrogens with one attached hydrogen (secondary N) is 3. The lowest BCUT2D eigenvalue weighted by molar-refractivity contribution is -0.121. The number of hydrogen-bond donors (Lipinski definition) is 3. The van der Waals surface area contributed by atoms with E-state index < -0.39 is 5.91 Å². The summed E-state index contributed by atoms with van der Waals surface area (Å²) in [5.41, 5.74) is 5.09. The van der Waals surface area contributed by atoms with Crippen molar-refractivity contribution in [1.29, 1.82) is 0 Å². The van der Waals surface area contributed by atoms with Gasteiger partial charge >= 0.3 is 0 Å². The number of aromatic nitrogens is 1. The van der Waals surface area contributed by atoms with E-state index in [1.54, 1.807) is 36.2 Å². The van der Waals surface area contributed by atoms with Gasteiger partial charge in [-0.1, -0.05) is 11.6 Å². The zero-order chi connectivity index (χ0) is 15.9. The molecule has 2 aromatic rings. The lowest BCUT2D eigenvalue weighted by Gasteiger charge is -2.06. The molecule has 2 rings (SSSR count). The van der Waals surface area contributed by atoms with Crippen LogP contribution in [-0.4, -0.2) is 22.6 Å². The molecule has 1 aromatic heterocycles. The summed E-state index contributed by atoms with van der Waals surface area (Å²) >= 11 is 10.6. The van der Waals surface area contributed by atoms with Crippen molar-refractivity contribution in [2.24, 2.45) is 0 Å². The number of aromatic amines is 1. The van der Waals surface area contributed by atoms with E-state index >= 15 is 0 Å². The van der Waals surface area contributed by atoms with Gasteiger partial charge in [-0.3, -0.25) is 20.4 Å². The van der Waals surface area contributed by atoms with Crippen molar-refractivity contribution < 1.29 is 9.59 Å². The number of hydrazine groups is 1. The molecule has 0 saturated carbocycles. The molecule has 0 fully saturated rings. The van der Waals surface area contributed by atoms with Crippen molar-refractivity contribution in [3.8, 4) is 0 Å². The zero-order valence-corrected chi connectivity index (χ0v) is 14.5. The highest BCUT2D eigenvalue weighted by Gasteiger charge is 2.09. The number of amides is 2. The fourth-order valence-electron chi connectivity index (χ4n) is 1.55. The van der Waals surface area contributed by atoms with Crippen LogP contribution in [0.2, 0.25) is 5.02 Å². The molecule has 22 heavy (non-hydrogen) atoms. The highest BCUT2D eigenvalue weighted by atomic mass is 79.9. The molecule has 2 amide bonds. The van der Waals surface area contributed by atoms with E-state index in [2.05, 4.69) is 31.8 Å². The van der Waals surface area contributed by atoms with Gasteiger partial charge < -0.3 is 4.98 Å². The van der Waals surface area contributed by atoms with E-state index in [1.165, 1.54) is 0 Å². The summed E-state index contributed by atoms with van der Waals surface area (Å²) < 4.78 is 0.767. The van der Waals surface area contributed by atoms with E-state index in [0.29, 0.717) is 22.9 Å². The highest BCUT2D eigenvalue weighted by Crippen LogP contribution is 2.20. The van der Waals surface area contributed by atoms with Crippen LogP contribution in [0.5, 0.6) is 0 Å². The Morgan fingerprint density at radius 2 is 1.95 bits per heavy atom. The fraction of sp³-hybridized carbons (Fsp3) is 0.143. The van der Waals surface area contributed by atoms with E-state index in [9.17, 15) is 9.59 Å². The van der Waals surface area contributed by atoms with Crippen LogP contribution in [0.3, 0.4) is 0 Å². The molecule has 0 aliphatic heterocycles. The van der Waals surface area contributed by atoms with Gasteiger partial charge in [0, 0.05) is 32.8 Å². The maximum Gasteiger partial charge on any atom is 0.286 e. The summed E-state index contributed by atoms with van der Waals surface area (Å²) in [5.74, 6) is -0.0398. The number of carbonyl (C=O) groups excluding carboxylic acids is 2. The summed E-state index contributed by atoms with van der Waals surface area (Å²) in [5, 5.41) is 0.681. The Labute approximate surface area is 145 Å². The van der Waals surface area contributed by atoms with E-state index in [4.69, 9.17) is 11.6 Å². The number of thioether (sulfide) groups is 1. The normalized spacial score (nSPS) is 10.3. The van der Waals surface area contributed by atoms with Gasteiger partial charge in [0.1, 0.15) is 5.69 Å². The van der Waals surface area contributed by atoms with Gasteiger partial charge in [0.2, 0.25) is 5.91 Å². The predicted octanol–water partition coefficient (Wildman–Crippen LogP) is 3.37. The van der Waals surface area contributed by atoms with Gasteiger partial charge in [-0.05, 0) is 46.3 Å². The number of benzene rings is 1. The van der Waals surface area contributed by atoms with Gasteiger partial charge in [0.25, 0.3) is 5.91 Å². The largest absolute Gasteiger partial charge is 0.356 e. The van der Waals surface area contributed by atoms with Crippen LogP contribution in [0.1, 0.15) is 16.9 Å². The maximum absolute atomic E-state index is 11.7. The van der Waals surface area contributed by atoms with Crippen LogP contribution in [0.25, 0.3) is 0 Å². The molecule has 0 atom stereocenters. The van der Waals surface area contributed by atoms with Crippen LogP contribution >= 0.6 is 39.3 Å². The summed E-state index contributed by atoms with van der Waals surface area (Å²) in [6.07, 6.45) is 1.93. The van der Waals surface area contributed by atoms with Crippen LogP contribution in [0.15, 0.2) is 45.9 Å². The third kappa shape index (κ3) is 5.40. The average molecular weight is 403 g/mol. The van der Waals surface area contributed by atoms with Gasteiger partial charge in [-0.2, -0.15) is 0 Å². The number of halogens is 2. The third-order valence-electron chi connectivity index (χ3n) is 2.62. The lowest BCUT2D eigenvalue weighted by Crippen LogP contribution is -2.41. The summed E-state index contributed by atoms with van der Waals surface area (Å²) in [7, 11) is 0. The molecule has 0 unspecified atom stereocenters. The molecular formula is C14H13BrClN3O2S. The van der Waals surface area contributed by atoms with Crippen LogP contribution in [0, 0.1) is 0 Å². The Morgan fingerprint density at radius 1 is 1.23 bits per heavy atom. The molecular weight excluding hydrogens is 390 g/mol. The van der Waals surface area contributed by atoms with Crippen molar-refractivity contribution in [3.05, 3.63) is 51.7 Å². The smallest absolute Gasteiger partial charge is 0.286 e. The topological polar surface area (TPSA) is 74.0 Å². The molecule has 116 valence electrons. The highest BCUT2D eigenvalue weighted by molar-refractivity contribution is 9.10. The Hall–Kier alpha value is -1.44. The first-order valence-corrected chi connectivity index (χ1v) is 8.52. The number of rotatable bonds is 5. The zero-order valence-electron chi connectivity index (χ0n) is 11.4. The summed E-state index contributed by atoms with van der Waals surface area (Å²) in [6, 6.07) is 9.03. The van der Waals surface area contributed by atoms with Crippen molar-refractivity contribution >= 4 is 51.1 Å². The predicted molar refractivity (Wildman–Crippen MR) is 90.9 cm³/mol. The minimum atomic E-state index is -0.399. The molecule has 0 radical (unpaired) electrons. The second-order valence-electron chi connectivity index (χ2n) is 4.29. The maximum atomic E-state index is 11.7. The molecule has 0 aliphatic carbocycles. The first-order chi connectivity index (χ1) is 10.5. The van der Waals surface area contributed by atoms with Crippen molar-refractivity contribution in [1.82, 2.24) is 15.8 Å². The molecule has 0 spiro atoms. The second kappa shape index (κ2) is 8.26. The fourth-order valence-corrected chi connectivity index (χ4v) is 2.87. The number of hydrogen-bond acceptors (Lipinski definition) is 3. The minimum absolute atomic E-state index is 0.250. The van der Waals surface area contributed by atoms with E-state index in [0.717, 1.165) is 9.37 Å². The van der Waals surface area contributed by atoms with Gasteiger partial charge in [-0.15, -0.1) is 11.8 Å². The molecule has 1 aromatic carbocycles. The SMILES string of the molecule is O=C(CCSc1ccc(Cl)cc1)NNC(=O)c1cc(Br)c[nH]1. The standard InChI is InChI=1S/C14H13BrClN3O2S/c15-9-7-12(17-8-9)14(21)19-18-13(20)5-6-22-11-3-1-10(16)2-4-11/h1-4,7-8,17H,5-6H2,(H,18,20)(H,19,21). The summed E-state index contributed by atoms with van der Waals surface area (Å²) in [6.45, 7) is 0. The van der Waals surface area contributed by atoms with Crippen molar-refractivity contribution in [2.45, 2.75) is 11.3 Å². The van der Waals surface area contributed by atoms with Crippen LogP contribution in [-0.2, 0) is 4.79 Å². The van der Waals surface area contributed by atoms with E-state index in [1.807, 2.05) is 12.1 Å². The first-order valence-electron chi connectivity index (χ1n) is 6.36. The van der Waals surface area contributed by atoms with Gasteiger partial charge in [0.05, 0.1) is 0 Å². The monoisotopic (exact) mass is 401 g/mol. The molecule has 3 N–H and O–H groups in total. The van der Waals surface area contributed by atoms with E-state index in [-0.39, 0.29) is 5.91 Å². The third-order valence-corrected chi connectivity index (χ3v) is 4.34. The molecule has 0 saturated heterocycles. The first kappa shape index (κ1) is 16.9. The quantitative estimate of drug-likeness (QED) is 0.530. The Kier molecular flexibility index (Phi) is 6.35. The molecule has 1 heterocycles. The molecule has 8 heteroatoms. The van der Waals surface area contributed by atoms with Crippen molar-refractivity contribution in [3.63, 3.8) is 0 Å². The van der Waals surface area contributed by atoms with Gasteiger partial charge in [-0.25, -0.2) is 0 Å². The Bertz CT molecular complexity index is 660. The molecule has 5 nitrogen and oxygen atoms in total. The Morgan fingerprint density at radius 3 is 2.59 bits per heavy atom. The summed E-state index contributed by atoms with van der Waals surface area (Å²) in [4.78, 5) is 27.2.